The smallest absolute Gasteiger partial charge is 0.236 e. The summed E-state index contributed by atoms with van der Waals surface area (Å²) in [4.78, 5) is 31.4. The second-order valence-corrected chi connectivity index (χ2v) is 12.3. The molecule has 1 atom stereocenters. The number of halogens is 1. The molecule has 214 valence electrons. The highest BCUT2D eigenvalue weighted by Gasteiger charge is 2.33. The van der Waals surface area contributed by atoms with E-state index in [-0.39, 0.29) is 17.8 Å². The quantitative estimate of drug-likeness (QED) is 0.344. The molecule has 0 spiro atoms. The van der Waals surface area contributed by atoms with Gasteiger partial charge >= 0.3 is 0 Å². The molecule has 0 unspecified atom stereocenters. The van der Waals surface area contributed by atoms with Crippen LogP contribution in [0.5, 0.6) is 0 Å². The number of carbonyl (C=O) groups excluding carboxylic acids is 1. The highest BCUT2D eigenvalue weighted by Crippen LogP contribution is 2.38. The van der Waals surface area contributed by atoms with Crippen LogP contribution in [0.2, 0.25) is 0 Å². The summed E-state index contributed by atoms with van der Waals surface area (Å²) < 4.78 is 15.3. The fraction of sp³-hybridized carbons (Fsp3) is 0.444. The summed E-state index contributed by atoms with van der Waals surface area (Å²) in [5, 5.41) is 25.7. The molecule has 0 bridgehead atoms. The van der Waals surface area contributed by atoms with Gasteiger partial charge < -0.3 is 19.8 Å². The first-order chi connectivity index (χ1) is 19.7. The number of hydrogen-bond donors (Lipinski definition) is 1. The van der Waals surface area contributed by atoms with Crippen molar-refractivity contribution in [3.63, 3.8) is 0 Å². The lowest BCUT2D eigenvalue weighted by atomic mass is 10.1. The first-order valence-corrected chi connectivity index (χ1v) is 15.1. The predicted molar refractivity (Wildman–Crippen MR) is 156 cm³/mol. The van der Waals surface area contributed by atoms with Crippen molar-refractivity contribution in [1.29, 1.82) is 5.26 Å². The van der Waals surface area contributed by atoms with Gasteiger partial charge in [0.2, 0.25) is 16.0 Å². The average molecular weight is 596 g/mol. The number of anilines is 3. The van der Waals surface area contributed by atoms with Crippen molar-refractivity contribution in [3.05, 3.63) is 40.7 Å². The van der Waals surface area contributed by atoms with Crippen LogP contribution in [0, 0.1) is 17.1 Å². The molecule has 1 N–H and O–H groups in total. The van der Waals surface area contributed by atoms with Crippen LogP contribution in [0.15, 0.2) is 24.3 Å². The maximum atomic E-state index is 13.5. The normalized spacial score (nSPS) is 18.1. The van der Waals surface area contributed by atoms with E-state index < -0.39 is 6.10 Å². The molecule has 0 saturated carbocycles. The minimum absolute atomic E-state index is 0.0627. The monoisotopic (exact) mass is 595 g/mol. The van der Waals surface area contributed by atoms with E-state index in [0.717, 1.165) is 41.2 Å². The number of fused-ring (bicyclic) bond motifs is 1. The Morgan fingerprint density at radius 1 is 1.20 bits per heavy atom. The number of aliphatic hydroxyl groups is 1. The van der Waals surface area contributed by atoms with Gasteiger partial charge in [0.1, 0.15) is 22.5 Å². The van der Waals surface area contributed by atoms with Gasteiger partial charge in [-0.25, -0.2) is 14.4 Å². The number of nitriles is 1. The van der Waals surface area contributed by atoms with Crippen LogP contribution in [0.4, 0.5) is 20.5 Å². The fourth-order valence-corrected chi connectivity index (χ4v) is 7.18. The zero-order valence-electron chi connectivity index (χ0n) is 23.0. The molecule has 0 radical (unpaired) electrons. The topological polar surface area (TPSA) is 117 Å². The van der Waals surface area contributed by atoms with Crippen molar-refractivity contribution in [2.75, 3.05) is 56.1 Å². The van der Waals surface area contributed by atoms with Crippen LogP contribution in [0.25, 0.3) is 16.2 Å². The lowest BCUT2D eigenvalue weighted by Crippen LogP contribution is -2.58. The van der Waals surface area contributed by atoms with Crippen LogP contribution < -0.4 is 9.80 Å². The number of β-amino-alcohol motifs (C(OH)–C–C–N with tert-alkyl or cyclic N) is 1. The van der Waals surface area contributed by atoms with Crippen LogP contribution in [-0.4, -0.2) is 98.9 Å². The van der Waals surface area contributed by atoms with Crippen LogP contribution in [0.3, 0.4) is 0 Å². The second kappa shape index (κ2) is 11.0. The minimum Gasteiger partial charge on any atom is -0.389 e. The van der Waals surface area contributed by atoms with Crippen LogP contribution >= 0.6 is 22.7 Å². The Balaban J connectivity index is 1.23. The molecule has 5 heterocycles. The molecule has 2 saturated heterocycles. The van der Waals surface area contributed by atoms with E-state index in [9.17, 15) is 19.6 Å². The number of likely N-dealkylation sites (tertiary alicyclic amines) is 1. The van der Waals surface area contributed by atoms with Crippen molar-refractivity contribution in [2.45, 2.75) is 32.4 Å². The summed E-state index contributed by atoms with van der Waals surface area (Å²) in [5.41, 5.74) is 2.08. The second-order valence-electron chi connectivity index (χ2n) is 10.4. The van der Waals surface area contributed by atoms with Crippen molar-refractivity contribution >= 4 is 49.6 Å². The summed E-state index contributed by atoms with van der Waals surface area (Å²) in [6, 6.07) is 8.36. The minimum atomic E-state index is -0.392. The van der Waals surface area contributed by atoms with Gasteiger partial charge in [-0.05, 0) is 37.6 Å². The van der Waals surface area contributed by atoms with Crippen molar-refractivity contribution < 1.29 is 14.3 Å². The fourth-order valence-electron chi connectivity index (χ4n) is 5.29. The number of nitrogens with zero attached hydrogens (tertiary/aromatic N) is 9. The average Bonchev–Trinajstić information content (AvgIpc) is 3.64. The number of aromatic nitrogens is 4. The van der Waals surface area contributed by atoms with E-state index in [4.69, 9.17) is 15.1 Å². The number of rotatable bonds is 7. The molecule has 3 aromatic heterocycles. The van der Waals surface area contributed by atoms with Gasteiger partial charge in [0.25, 0.3) is 0 Å². The highest BCUT2D eigenvalue weighted by atomic mass is 32.1. The van der Waals surface area contributed by atoms with E-state index in [1.54, 1.807) is 17.0 Å². The molecule has 1 amide bonds. The summed E-state index contributed by atoms with van der Waals surface area (Å²) in [5.74, 6) is 0.514. The predicted octanol–water partition coefficient (Wildman–Crippen LogP) is 2.97. The van der Waals surface area contributed by atoms with Crippen molar-refractivity contribution in [1.82, 2.24) is 29.4 Å². The first kappa shape index (κ1) is 27.5. The highest BCUT2D eigenvalue weighted by molar-refractivity contribution is 7.20. The zero-order chi connectivity index (χ0) is 28.8. The third-order valence-corrected chi connectivity index (χ3v) is 9.53. The molecule has 2 aliphatic heterocycles. The molecule has 14 heteroatoms. The SMILES string of the molecule is CCc1nc2sc(N3CCN(CC(=O)N4CC(O)C4)C[C@@H]3C)nn2c1N(C)c1nc(-c2ccc(F)cc2)c(C#N)s1. The maximum Gasteiger partial charge on any atom is 0.236 e. The van der Waals surface area contributed by atoms with E-state index in [1.165, 1.54) is 34.8 Å². The standard InChI is InChI=1S/C27H30FN9O2S2/c1-4-20-24(33(3)25-31-23(21(11-29)40-25)17-5-7-18(28)8-6-17)37-26(30-20)41-27(32-37)36-10-9-34(12-16(36)2)15-22(39)35-13-19(38)14-35/h5-8,16,19,38H,4,9-10,12-15H2,1-3H3/t16-/m0/s1. The van der Waals surface area contributed by atoms with Gasteiger partial charge in [-0.15, -0.1) is 5.10 Å². The van der Waals surface area contributed by atoms with Crippen LogP contribution in [0.1, 0.15) is 24.4 Å². The summed E-state index contributed by atoms with van der Waals surface area (Å²) in [6.07, 6.45) is 0.306. The van der Waals surface area contributed by atoms with Crippen LogP contribution in [-0.2, 0) is 11.2 Å². The molecule has 2 fully saturated rings. The Hall–Kier alpha value is -3.64. The Bertz CT molecular complexity index is 1620. The molecule has 11 nitrogen and oxygen atoms in total. The number of aliphatic hydroxyl groups excluding tert-OH is 1. The van der Waals surface area contributed by atoms with E-state index in [2.05, 4.69) is 22.8 Å². The molecule has 2 aliphatic rings. The van der Waals surface area contributed by atoms with Gasteiger partial charge in [-0.2, -0.15) is 9.78 Å². The number of imidazole rings is 1. The molecular weight excluding hydrogens is 565 g/mol. The van der Waals surface area contributed by atoms with Crippen molar-refractivity contribution in [3.8, 4) is 17.3 Å². The number of carbonyl (C=O) groups is 1. The molecule has 0 aliphatic carbocycles. The Labute approximate surface area is 244 Å². The van der Waals surface area contributed by atoms with Gasteiger partial charge in [0.15, 0.2) is 10.9 Å². The Kier molecular flexibility index (Phi) is 7.37. The van der Waals surface area contributed by atoms with E-state index >= 15 is 0 Å². The molecule has 41 heavy (non-hydrogen) atoms. The van der Waals surface area contributed by atoms with E-state index in [1.807, 2.05) is 23.4 Å². The zero-order valence-corrected chi connectivity index (χ0v) is 24.6. The van der Waals surface area contributed by atoms with Crippen molar-refractivity contribution in [2.24, 2.45) is 0 Å². The summed E-state index contributed by atoms with van der Waals surface area (Å²) in [7, 11) is 1.89. The van der Waals surface area contributed by atoms with Gasteiger partial charge in [-0.3, -0.25) is 9.69 Å². The largest absolute Gasteiger partial charge is 0.389 e. The van der Waals surface area contributed by atoms with Gasteiger partial charge in [0, 0.05) is 51.4 Å². The summed E-state index contributed by atoms with van der Waals surface area (Å²) in [6.45, 7) is 7.60. The first-order valence-electron chi connectivity index (χ1n) is 13.5. The molecule has 4 aromatic rings. The Morgan fingerprint density at radius 2 is 1.95 bits per heavy atom. The maximum absolute atomic E-state index is 13.5. The molecule has 6 rings (SSSR count). The number of benzene rings is 1. The third kappa shape index (κ3) is 5.14. The van der Waals surface area contributed by atoms with Gasteiger partial charge in [-0.1, -0.05) is 29.6 Å². The number of aryl methyl sites for hydroxylation is 1. The number of piperazine rings is 1. The third-order valence-electron chi connectivity index (χ3n) is 7.54. The molecular formula is C27H30FN9O2S2. The number of hydrogen-bond acceptors (Lipinski definition) is 11. The Morgan fingerprint density at radius 3 is 2.61 bits per heavy atom. The van der Waals surface area contributed by atoms with E-state index in [0.29, 0.717) is 47.3 Å². The van der Waals surface area contributed by atoms with Gasteiger partial charge in [0.05, 0.1) is 18.3 Å². The molecule has 1 aromatic carbocycles. The number of amides is 1. The number of thiazole rings is 1. The summed E-state index contributed by atoms with van der Waals surface area (Å²) >= 11 is 2.80. The lowest BCUT2D eigenvalue weighted by Gasteiger charge is -2.41. The lowest BCUT2D eigenvalue weighted by molar-refractivity contribution is -0.142.